The highest BCUT2D eigenvalue weighted by atomic mass is 35.5. The van der Waals surface area contributed by atoms with E-state index in [1.54, 1.807) is 31.2 Å². The Hall–Kier alpha value is -2.73. The van der Waals surface area contributed by atoms with Gasteiger partial charge in [-0.1, -0.05) is 48.0 Å². The maximum Gasteiger partial charge on any atom is 0.290 e. The summed E-state index contributed by atoms with van der Waals surface area (Å²) in [5.74, 6) is -3.48. The molecule has 3 N–H and O–H groups in total. The van der Waals surface area contributed by atoms with Gasteiger partial charge in [0.05, 0.1) is 12.2 Å². The van der Waals surface area contributed by atoms with Gasteiger partial charge in [0.2, 0.25) is 0 Å². The fourth-order valence-electron chi connectivity index (χ4n) is 2.95. The van der Waals surface area contributed by atoms with Crippen molar-refractivity contribution in [3.63, 3.8) is 0 Å². The van der Waals surface area contributed by atoms with Crippen molar-refractivity contribution in [3.05, 3.63) is 87.8 Å². The van der Waals surface area contributed by atoms with Crippen LogP contribution in [0, 0.1) is 12.7 Å². The number of anilines is 2. The highest BCUT2D eigenvalue weighted by Gasteiger charge is 2.31. The Morgan fingerprint density at radius 3 is 2.46 bits per heavy atom. The molecule has 0 aliphatic rings. The van der Waals surface area contributed by atoms with Crippen molar-refractivity contribution >= 4 is 23.1 Å². The van der Waals surface area contributed by atoms with Gasteiger partial charge in [-0.15, -0.1) is 0 Å². The molecule has 0 aliphatic heterocycles. The Bertz CT molecular complexity index is 978. The first kappa shape index (κ1) is 20.0. The zero-order valence-electron chi connectivity index (χ0n) is 15.1. The van der Waals surface area contributed by atoms with Crippen LogP contribution in [0.5, 0.6) is 0 Å². The van der Waals surface area contributed by atoms with Crippen LogP contribution in [0.25, 0.3) is 0 Å². The maximum atomic E-state index is 14.5. The second kappa shape index (κ2) is 8.10. The maximum absolute atomic E-state index is 14.5. The van der Waals surface area contributed by atoms with Crippen LogP contribution in [0.1, 0.15) is 22.4 Å². The van der Waals surface area contributed by atoms with Gasteiger partial charge in [0.25, 0.3) is 5.92 Å². The van der Waals surface area contributed by atoms with E-state index < -0.39 is 18.3 Å². The SMILES string of the molecule is Cc1nc(N)ccc1Cc1cc(Cl)cc(F)c1NCC(F)(F)c1ccccc1. The minimum absolute atomic E-state index is 0.00349. The van der Waals surface area contributed by atoms with E-state index in [0.29, 0.717) is 17.1 Å². The van der Waals surface area contributed by atoms with Gasteiger partial charge in [0.15, 0.2) is 0 Å². The molecular weight excluding hydrogens is 387 g/mol. The summed E-state index contributed by atoms with van der Waals surface area (Å²) in [6.45, 7) is 1.03. The number of benzene rings is 2. The van der Waals surface area contributed by atoms with Gasteiger partial charge >= 0.3 is 0 Å². The van der Waals surface area contributed by atoms with E-state index in [-0.39, 0.29) is 22.7 Å². The van der Waals surface area contributed by atoms with Crippen molar-refractivity contribution in [3.8, 4) is 0 Å². The lowest BCUT2D eigenvalue weighted by Crippen LogP contribution is -2.25. The van der Waals surface area contributed by atoms with Crippen molar-refractivity contribution < 1.29 is 13.2 Å². The minimum atomic E-state index is -3.16. The first-order valence-electron chi connectivity index (χ1n) is 8.63. The number of nitrogens with two attached hydrogens (primary N) is 1. The van der Waals surface area contributed by atoms with Crippen molar-refractivity contribution in [1.29, 1.82) is 0 Å². The summed E-state index contributed by atoms with van der Waals surface area (Å²) in [6, 6.07) is 13.5. The highest BCUT2D eigenvalue weighted by Crippen LogP contribution is 2.32. The standard InChI is InChI=1S/C21H19ClF3N3/c1-13-14(7-8-19(26)28-13)9-15-10-17(22)11-18(23)20(15)27-12-21(24,25)16-5-3-2-4-6-16/h2-8,10-11,27H,9,12H2,1H3,(H2,26,28). The summed E-state index contributed by atoms with van der Waals surface area (Å²) in [4.78, 5) is 4.18. The number of rotatable bonds is 6. The van der Waals surface area contributed by atoms with Crippen molar-refractivity contribution in [1.82, 2.24) is 4.98 Å². The summed E-state index contributed by atoms with van der Waals surface area (Å²) in [6.07, 6.45) is 0.274. The molecule has 1 heterocycles. The number of alkyl halides is 2. The molecule has 0 spiro atoms. The molecule has 0 amide bonds. The zero-order chi connectivity index (χ0) is 20.3. The number of aromatic nitrogens is 1. The van der Waals surface area contributed by atoms with Gasteiger partial charge in [0, 0.05) is 22.7 Å². The molecule has 7 heteroatoms. The number of nitrogen functional groups attached to an aromatic ring is 1. The number of hydrogen-bond donors (Lipinski definition) is 2. The molecule has 146 valence electrons. The fourth-order valence-corrected chi connectivity index (χ4v) is 3.18. The third-order valence-corrected chi connectivity index (χ3v) is 4.64. The molecule has 1 aromatic heterocycles. The van der Waals surface area contributed by atoms with Crippen LogP contribution in [0.15, 0.2) is 54.6 Å². The molecule has 0 bridgehead atoms. The minimum Gasteiger partial charge on any atom is -0.384 e. The van der Waals surface area contributed by atoms with E-state index in [9.17, 15) is 13.2 Å². The van der Waals surface area contributed by atoms with Gasteiger partial charge in [-0.3, -0.25) is 0 Å². The number of nitrogens with one attached hydrogen (secondary N) is 1. The van der Waals surface area contributed by atoms with Crippen molar-refractivity contribution in [2.24, 2.45) is 0 Å². The van der Waals surface area contributed by atoms with Gasteiger partial charge in [-0.05, 0) is 36.2 Å². The first-order valence-corrected chi connectivity index (χ1v) is 9.01. The number of aryl methyl sites for hydroxylation is 1. The van der Waals surface area contributed by atoms with E-state index in [1.165, 1.54) is 24.3 Å². The quantitative estimate of drug-likeness (QED) is 0.564. The lowest BCUT2D eigenvalue weighted by atomic mass is 10.0. The molecule has 2 aromatic carbocycles. The van der Waals surface area contributed by atoms with Crippen LogP contribution in [-0.2, 0) is 12.3 Å². The van der Waals surface area contributed by atoms with Crippen LogP contribution in [0.3, 0.4) is 0 Å². The number of pyridine rings is 1. The Labute approximate surface area is 166 Å². The third kappa shape index (κ3) is 4.57. The zero-order valence-corrected chi connectivity index (χ0v) is 15.9. The second-order valence-electron chi connectivity index (χ2n) is 6.50. The molecule has 0 unspecified atom stereocenters. The Morgan fingerprint density at radius 2 is 1.79 bits per heavy atom. The average Bonchev–Trinajstić information content (AvgIpc) is 2.64. The van der Waals surface area contributed by atoms with E-state index in [1.807, 2.05) is 0 Å². The molecule has 3 aromatic rings. The van der Waals surface area contributed by atoms with E-state index >= 15 is 0 Å². The summed E-state index contributed by atoms with van der Waals surface area (Å²) >= 11 is 5.99. The smallest absolute Gasteiger partial charge is 0.290 e. The van der Waals surface area contributed by atoms with Gasteiger partial charge < -0.3 is 11.1 Å². The summed E-state index contributed by atoms with van der Waals surface area (Å²) < 4.78 is 43.5. The number of halogens is 4. The topological polar surface area (TPSA) is 50.9 Å². The summed E-state index contributed by atoms with van der Waals surface area (Å²) in [5.41, 5.74) is 7.46. The molecule has 3 nitrogen and oxygen atoms in total. The molecular formula is C21H19ClF3N3. The monoisotopic (exact) mass is 405 g/mol. The Morgan fingerprint density at radius 1 is 1.07 bits per heavy atom. The normalized spacial score (nSPS) is 11.5. The molecule has 0 atom stereocenters. The van der Waals surface area contributed by atoms with Crippen LogP contribution < -0.4 is 11.1 Å². The third-order valence-electron chi connectivity index (χ3n) is 4.42. The molecule has 0 radical (unpaired) electrons. The van der Waals surface area contributed by atoms with Crippen molar-refractivity contribution in [2.45, 2.75) is 19.3 Å². The van der Waals surface area contributed by atoms with Crippen LogP contribution in [0.4, 0.5) is 24.7 Å². The molecule has 0 saturated heterocycles. The predicted molar refractivity (Wildman–Crippen MR) is 106 cm³/mol. The van der Waals surface area contributed by atoms with Crippen LogP contribution in [-0.4, -0.2) is 11.5 Å². The largest absolute Gasteiger partial charge is 0.384 e. The number of nitrogens with zero attached hydrogens (tertiary/aromatic N) is 1. The fraction of sp³-hybridized carbons (Fsp3) is 0.190. The molecule has 0 aliphatic carbocycles. The molecule has 3 rings (SSSR count). The second-order valence-corrected chi connectivity index (χ2v) is 6.94. The lowest BCUT2D eigenvalue weighted by molar-refractivity contribution is 0.0105. The molecule has 28 heavy (non-hydrogen) atoms. The summed E-state index contributed by atoms with van der Waals surface area (Å²) in [7, 11) is 0. The van der Waals surface area contributed by atoms with Gasteiger partial charge in [-0.2, -0.15) is 8.78 Å². The lowest BCUT2D eigenvalue weighted by Gasteiger charge is -2.20. The molecule has 0 saturated carbocycles. The average molecular weight is 406 g/mol. The molecule has 0 fully saturated rings. The summed E-state index contributed by atoms with van der Waals surface area (Å²) in [5, 5.41) is 2.76. The van der Waals surface area contributed by atoms with E-state index in [0.717, 1.165) is 11.6 Å². The van der Waals surface area contributed by atoms with E-state index in [4.69, 9.17) is 17.3 Å². The first-order chi connectivity index (χ1) is 13.3. The van der Waals surface area contributed by atoms with E-state index in [2.05, 4.69) is 10.3 Å². The van der Waals surface area contributed by atoms with Crippen LogP contribution in [0.2, 0.25) is 5.02 Å². The number of hydrogen-bond acceptors (Lipinski definition) is 3. The highest BCUT2D eigenvalue weighted by molar-refractivity contribution is 6.30. The van der Waals surface area contributed by atoms with Gasteiger partial charge in [-0.25, -0.2) is 9.37 Å². The van der Waals surface area contributed by atoms with Gasteiger partial charge in [0.1, 0.15) is 11.6 Å². The predicted octanol–water partition coefficient (Wildman–Crippen LogP) is 5.56. The van der Waals surface area contributed by atoms with Crippen LogP contribution >= 0.6 is 11.6 Å². The van der Waals surface area contributed by atoms with Crippen molar-refractivity contribution in [2.75, 3.05) is 17.6 Å². The Balaban J connectivity index is 1.88. The Kier molecular flexibility index (Phi) is 5.79.